The van der Waals surface area contributed by atoms with Crippen LogP contribution in [0.15, 0.2) is 71.1 Å². The number of allylic oxidation sites excluding steroid dienone is 3. The molecule has 2 aromatic carbocycles. The number of benzene rings is 2. The second-order valence-corrected chi connectivity index (χ2v) is 10.3. The molecule has 1 atom stereocenters. The number of esters is 1. The van der Waals surface area contributed by atoms with Crippen LogP contribution in [0, 0.1) is 5.41 Å². The van der Waals surface area contributed by atoms with Gasteiger partial charge < -0.3 is 19.5 Å². The zero-order valence-electron chi connectivity index (χ0n) is 21.8. The van der Waals surface area contributed by atoms with Gasteiger partial charge in [0.25, 0.3) is 0 Å². The van der Waals surface area contributed by atoms with Crippen molar-refractivity contribution in [2.45, 2.75) is 59.5 Å². The van der Waals surface area contributed by atoms with Crippen LogP contribution in [0.5, 0.6) is 11.5 Å². The molecule has 1 aliphatic carbocycles. The predicted molar refractivity (Wildman–Crippen MR) is 139 cm³/mol. The van der Waals surface area contributed by atoms with Crippen LogP contribution in [0.25, 0.3) is 0 Å². The molecule has 0 saturated carbocycles. The van der Waals surface area contributed by atoms with E-state index in [2.05, 4.69) is 19.2 Å². The lowest BCUT2D eigenvalue weighted by Crippen LogP contribution is -2.38. The van der Waals surface area contributed by atoms with E-state index in [9.17, 15) is 9.59 Å². The molecular formula is C30H35NO5. The largest absolute Gasteiger partial charge is 0.493 e. The number of dihydropyridines is 1. The highest BCUT2D eigenvalue weighted by atomic mass is 16.5. The Morgan fingerprint density at radius 1 is 1.08 bits per heavy atom. The molecule has 6 heteroatoms. The summed E-state index contributed by atoms with van der Waals surface area (Å²) in [6, 6.07) is 15.2. The third-order valence-corrected chi connectivity index (χ3v) is 6.66. The van der Waals surface area contributed by atoms with Crippen molar-refractivity contribution in [1.82, 2.24) is 5.32 Å². The van der Waals surface area contributed by atoms with Gasteiger partial charge in [0, 0.05) is 29.3 Å². The molecule has 190 valence electrons. The first kappa shape index (κ1) is 25.5. The molecular weight excluding hydrogens is 454 g/mol. The van der Waals surface area contributed by atoms with E-state index < -0.39 is 11.9 Å². The summed E-state index contributed by atoms with van der Waals surface area (Å²) in [6.45, 7) is 8.83. The third-order valence-electron chi connectivity index (χ3n) is 6.66. The van der Waals surface area contributed by atoms with E-state index in [0.717, 1.165) is 29.7 Å². The molecule has 1 N–H and O–H groups in total. The molecule has 0 aromatic heterocycles. The standard InChI is InChI=1S/C30H35NO5/c1-6-14-35-24-13-12-21(15-25(24)34-5)27-26(29(33)36-18-20-10-8-7-9-11-20)19(2)31-22-16-30(3,4)17-23(32)28(22)27/h7-13,15,27,31H,6,14,16-18H2,1-5H3/t27-/m1/s1. The number of hydrogen-bond acceptors (Lipinski definition) is 6. The summed E-state index contributed by atoms with van der Waals surface area (Å²) >= 11 is 0. The first-order chi connectivity index (χ1) is 17.2. The fourth-order valence-electron chi connectivity index (χ4n) is 5.04. The molecule has 0 unspecified atom stereocenters. The molecule has 36 heavy (non-hydrogen) atoms. The van der Waals surface area contributed by atoms with E-state index in [0.29, 0.717) is 41.4 Å². The number of methoxy groups -OCH3 is 1. The Balaban J connectivity index is 1.76. The number of ketones is 1. The van der Waals surface area contributed by atoms with E-state index in [-0.39, 0.29) is 17.8 Å². The van der Waals surface area contributed by atoms with E-state index in [1.807, 2.05) is 62.4 Å². The second-order valence-electron chi connectivity index (χ2n) is 10.3. The van der Waals surface area contributed by atoms with Crippen molar-refractivity contribution >= 4 is 11.8 Å². The quantitative estimate of drug-likeness (QED) is 0.470. The van der Waals surface area contributed by atoms with Gasteiger partial charge in [0.1, 0.15) is 6.61 Å². The zero-order valence-corrected chi connectivity index (χ0v) is 21.8. The normalized spacial score (nSPS) is 18.9. The van der Waals surface area contributed by atoms with Crippen LogP contribution in [-0.2, 0) is 20.9 Å². The minimum Gasteiger partial charge on any atom is -0.493 e. The minimum absolute atomic E-state index is 0.0462. The summed E-state index contributed by atoms with van der Waals surface area (Å²) in [5, 5.41) is 3.38. The minimum atomic E-state index is -0.553. The molecule has 1 aliphatic heterocycles. The summed E-state index contributed by atoms with van der Waals surface area (Å²) in [7, 11) is 1.59. The van der Waals surface area contributed by atoms with Crippen LogP contribution >= 0.6 is 0 Å². The Morgan fingerprint density at radius 3 is 2.53 bits per heavy atom. The summed E-state index contributed by atoms with van der Waals surface area (Å²) < 4.78 is 17.2. The van der Waals surface area contributed by atoms with Crippen LogP contribution in [0.2, 0.25) is 0 Å². The van der Waals surface area contributed by atoms with Crippen molar-refractivity contribution in [3.05, 3.63) is 82.2 Å². The average Bonchev–Trinajstić information content (AvgIpc) is 2.85. The Kier molecular flexibility index (Phi) is 7.53. The van der Waals surface area contributed by atoms with Crippen LogP contribution in [0.3, 0.4) is 0 Å². The summed E-state index contributed by atoms with van der Waals surface area (Å²) in [6.07, 6.45) is 2.02. The summed E-state index contributed by atoms with van der Waals surface area (Å²) in [5.74, 6) is 0.256. The molecule has 0 radical (unpaired) electrons. The molecule has 6 nitrogen and oxygen atoms in total. The van der Waals surface area contributed by atoms with E-state index >= 15 is 0 Å². The number of carbonyl (C=O) groups excluding carboxylic acids is 2. The zero-order chi connectivity index (χ0) is 25.9. The van der Waals surface area contributed by atoms with Gasteiger partial charge in [-0.1, -0.05) is 57.2 Å². The highest BCUT2D eigenvalue weighted by Crippen LogP contribution is 2.48. The Morgan fingerprint density at radius 2 is 1.83 bits per heavy atom. The molecule has 0 saturated heterocycles. The molecule has 1 heterocycles. The predicted octanol–water partition coefficient (Wildman–Crippen LogP) is 5.83. The van der Waals surface area contributed by atoms with Gasteiger partial charge in [-0.2, -0.15) is 0 Å². The van der Waals surface area contributed by atoms with Crippen molar-refractivity contribution in [3.8, 4) is 11.5 Å². The van der Waals surface area contributed by atoms with Crippen molar-refractivity contribution in [2.75, 3.05) is 13.7 Å². The Labute approximate surface area is 213 Å². The number of carbonyl (C=O) groups is 2. The summed E-state index contributed by atoms with van der Waals surface area (Å²) in [4.78, 5) is 27.0. The number of hydrogen-bond donors (Lipinski definition) is 1. The number of ether oxygens (including phenoxy) is 3. The SMILES string of the molecule is CCCOc1ccc([C@@H]2C(C(=O)OCc3ccccc3)=C(C)NC3=C2C(=O)CC(C)(C)C3)cc1OC. The first-order valence-electron chi connectivity index (χ1n) is 12.5. The fourth-order valence-corrected chi connectivity index (χ4v) is 5.04. The molecule has 2 aromatic rings. The molecule has 0 bridgehead atoms. The Bertz CT molecular complexity index is 1210. The van der Waals surface area contributed by atoms with Gasteiger partial charge in [-0.25, -0.2) is 4.79 Å². The van der Waals surface area contributed by atoms with Crippen molar-refractivity contribution in [2.24, 2.45) is 5.41 Å². The van der Waals surface area contributed by atoms with Gasteiger partial charge in [-0.05, 0) is 48.4 Å². The van der Waals surface area contributed by atoms with Gasteiger partial charge in [-0.3, -0.25) is 4.79 Å². The van der Waals surface area contributed by atoms with Crippen LogP contribution < -0.4 is 14.8 Å². The third kappa shape index (κ3) is 5.32. The highest BCUT2D eigenvalue weighted by molar-refractivity contribution is 6.04. The second kappa shape index (κ2) is 10.6. The van der Waals surface area contributed by atoms with E-state index in [4.69, 9.17) is 14.2 Å². The maximum absolute atomic E-state index is 13.5. The van der Waals surface area contributed by atoms with Gasteiger partial charge >= 0.3 is 5.97 Å². The van der Waals surface area contributed by atoms with Crippen LogP contribution in [-0.4, -0.2) is 25.5 Å². The lowest BCUT2D eigenvalue weighted by atomic mass is 9.68. The maximum Gasteiger partial charge on any atom is 0.337 e. The first-order valence-corrected chi connectivity index (χ1v) is 12.5. The Hall–Kier alpha value is -3.54. The number of rotatable bonds is 8. The van der Waals surface area contributed by atoms with Crippen LogP contribution in [0.4, 0.5) is 0 Å². The maximum atomic E-state index is 13.5. The number of Topliss-reactive ketones (excluding diaryl/α,β-unsaturated/α-hetero) is 1. The van der Waals surface area contributed by atoms with Crippen molar-refractivity contribution in [1.29, 1.82) is 0 Å². The summed E-state index contributed by atoms with van der Waals surface area (Å²) in [5.41, 5.74) is 4.20. The molecule has 2 aliphatic rings. The lowest BCUT2D eigenvalue weighted by molar-refractivity contribution is -0.140. The van der Waals surface area contributed by atoms with Crippen LogP contribution in [0.1, 0.15) is 64.0 Å². The monoisotopic (exact) mass is 489 g/mol. The van der Waals surface area contributed by atoms with Crippen molar-refractivity contribution in [3.63, 3.8) is 0 Å². The van der Waals surface area contributed by atoms with Gasteiger partial charge in [0.15, 0.2) is 17.3 Å². The van der Waals surface area contributed by atoms with Gasteiger partial charge in [0.05, 0.1) is 19.3 Å². The van der Waals surface area contributed by atoms with Gasteiger partial charge in [0.2, 0.25) is 0 Å². The molecule has 4 rings (SSSR count). The van der Waals surface area contributed by atoms with E-state index in [1.54, 1.807) is 7.11 Å². The highest BCUT2D eigenvalue weighted by Gasteiger charge is 2.43. The van der Waals surface area contributed by atoms with Crippen molar-refractivity contribution < 1.29 is 23.8 Å². The van der Waals surface area contributed by atoms with E-state index in [1.165, 1.54) is 0 Å². The molecule has 0 fully saturated rings. The lowest BCUT2D eigenvalue weighted by Gasteiger charge is -2.39. The topological polar surface area (TPSA) is 73.9 Å². The smallest absolute Gasteiger partial charge is 0.337 e. The molecule has 0 amide bonds. The molecule has 0 spiro atoms. The number of nitrogens with one attached hydrogen (secondary N) is 1. The fraction of sp³-hybridized carbons (Fsp3) is 0.400. The van der Waals surface area contributed by atoms with Gasteiger partial charge in [-0.15, -0.1) is 0 Å². The average molecular weight is 490 g/mol.